The van der Waals surface area contributed by atoms with Gasteiger partial charge in [0.05, 0.1) is 12.4 Å². The van der Waals surface area contributed by atoms with Crippen molar-refractivity contribution in [2.75, 3.05) is 6.61 Å². The average Bonchev–Trinajstić information content (AvgIpc) is 2.23. The van der Waals surface area contributed by atoms with Crippen LogP contribution >= 0.6 is 0 Å². The van der Waals surface area contributed by atoms with Crippen molar-refractivity contribution in [3.8, 4) is 5.75 Å². The monoisotopic (exact) mass is 284 g/mol. The fourth-order valence-corrected chi connectivity index (χ4v) is 1.56. The van der Waals surface area contributed by atoms with Crippen LogP contribution in [0.25, 0.3) is 0 Å². The van der Waals surface area contributed by atoms with E-state index >= 15 is 0 Å². The van der Waals surface area contributed by atoms with Crippen molar-refractivity contribution in [1.29, 1.82) is 0 Å². The van der Waals surface area contributed by atoms with Gasteiger partial charge in [-0.25, -0.2) is 0 Å². The van der Waals surface area contributed by atoms with Crippen molar-refractivity contribution < 1.29 is 69.1 Å². The van der Waals surface area contributed by atoms with E-state index in [-0.39, 0.29) is 57.1 Å². The molecule has 0 saturated heterocycles. The third-order valence-electron chi connectivity index (χ3n) is 2.46. The van der Waals surface area contributed by atoms with Gasteiger partial charge in [-0.05, 0) is 24.8 Å². The number of hydrogen-bond donors (Lipinski definition) is 0. The Morgan fingerprint density at radius 1 is 1.17 bits per heavy atom. The van der Waals surface area contributed by atoms with Gasteiger partial charge in [0, 0.05) is 0 Å². The fraction of sp³-hybridized carbons (Fsp3) is 0.500. The Hall–Kier alpha value is 0.511. The summed E-state index contributed by atoms with van der Waals surface area (Å²) in [4.78, 5) is 0. The van der Waals surface area contributed by atoms with Gasteiger partial charge in [-0.3, -0.25) is 0 Å². The van der Waals surface area contributed by atoms with E-state index in [0.717, 1.165) is 18.9 Å². The Balaban J connectivity index is 0.00000289. The first-order chi connectivity index (χ1) is 7.91. The summed E-state index contributed by atoms with van der Waals surface area (Å²) in [5.41, 5.74) is -0.642. The van der Waals surface area contributed by atoms with Gasteiger partial charge >= 0.3 is 58.4 Å². The van der Waals surface area contributed by atoms with Gasteiger partial charge in [0.2, 0.25) is 0 Å². The van der Waals surface area contributed by atoms with Crippen LogP contribution in [0, 0.1) is 5.92 Å². The number of ether oxygens (including phenoxy) is 1. The quantitative estimate of drug-likeness (QED) is 0.548. The number of hydrogen-bond acceptors (Lipinski definition) is 1. The van der Waals surface area contributed by atoms with Gasteiger partial charge in [-0.2, -0.15) is 0 Å². The Kier molecular flexibility index (Phi) is 8.88. The van der Waals surface area contributed by atoms with Crippen LogP contribution in [0.15, 0.2) is 24.3 Å². The Morgan fingerprint density at radius 3 is 2.33 bits per heavy atom. The van der Waals surface area contributed by atoms with Gasteiger partial charge in [-0.1, -0.05) is 37.5 Å². The molecule has 1 aromatic rings. The van der Waals surface area contributed by atoms with Crippen molar-refractivity contribution in [2.45, 2.75) is 26.7 Å². The minimum absolute atomic E-state index is 0. The first kappa shape index (κ1) is 18.5. The van der Waals surface area contributed by atoms with Crippen LogP contribution in [0.4, 0.5) is 12.9 Å². The largest absolute Gasteiger partial charge is 1.00 e. The van der Waals surface area contributed by atoms with Crippen molar-refractivity contribution in [3.05, 3.63) is 24.3 Å². The first-order valence-electron chi connectivity index (χ1n) is 5.83. The zero-order valence-electron chi connectivity index (χ0n) is 11.1. The van der Waals surface area contributed by atoms with Gasteiger partial charge in [-0.15, -0.1) is 0 Å². The molecule has 18 heavy (non-hydrogen) atoms. The second-order valence-corrected chi connectivity index (χ2v) is 4.50. The minimum Gasteiger partial charge on any atom is -0.497 e. The molecule has 1 nitrogen and oxygen atoms in total. The molecule has 0 aliphatic rings. The molecule has 6 heteroatoms. The number of benzene rings is 1. The molecular weight excluding hydrogens is 267 g/mol. The summed E-state index contributed by atoms with van der Waals surface area (Å²) in [6.45, 7) is -0.510. The second kappa shape index (κ2) is 8.64. The maximum Gasteiger partial charge on any atom is 1.00 e. The van der Waals surface area contributed by atoms with E-state index in [0.29, 0.717) is 12.5 Å². The molecular formula is C12H17BF3KO. The summed E-state index contributed by atoms with van der Waals surface area (Å²) in [7, 11) is 0. The molecule has 0 fully saturated rings. The third-order valence-corrected chi connectivity index (χ3v) is 2.46. The molecule has 0 atom stereocenters. The summed E-state index contributed by atoms with van der Waals surface area (Å²) in [6.07, 6.45) is 1.73. The van der Waals surface area contributed by atoms with Gasteiger partial charge in [0.15, 0.2) is 0 Å². The van der Waals surface area contributed by atoms with Crippen LogP contribution < -0.4 is 61.6 Å². The number of rotatable bonds is 6. The molecule has 1 aromatic carbocycles. The predicted molar refractivity (Wildman–Crippen MR) is 64.7 cm³/mol. The van der Waals surface area contributed by atoms with Gasteiger partial charge in [0.25, 0.3) is 0 Å². The summed E-state index contributed by atoms with van der Waals surface area (Å²) in [6, 6.07) is 5.38. The standard InChI is InChI=1S/C12H17BF3O.K/c1-10(2)6-5-9-17-12-8-4-3-7-11(12)13(14,15)16;/h3-4,7-8,10H,5-6,9H2,1-2H3;/q-1;+1. The molecule has 0 spiro atoms. The van der Waals surface area contributed by atoms with E-state index < -0.39 is 12.4 Å². The van der Waals surface area contributed by atoms with Crippen LogP contribution in [-0.4, -0.2) is 13.6 Å². The summed E-state index contributed by atoms with van der Waals surface area (Å²) in [5, 5.41) is 0. The van der Waals surface area contributed by atoms with E-state index in [9.17, 15) is 12.9 Å². The van der Waals surface area contributed by atoms with E-state index in [1.807, 2.05) is 0 Å². The first-order valence-corrected chi connectivity index (χ1v) is 5.83. The van der Waals surface area contributed by atoms with Gasteiger partial charge < -0.3 is 17.7 Å². The van der Waals surface area contributed by atoms with Crippen molar-refractivity contribution in [1.82, 2.24) is 0 Å². The Labute approximate surface area is 149 Å². The molecule has 0 N–H and O–H groups in total. The van der Waals surface area contributed by atoms with Crippen molar-refractivity contribution in [2.24, 2.45) is 5.92 Å². The smallest absolute Gasteiger partial charge is 0.497 e. The maximum atomic E-state index is 12.7. The molecule has 1 rings (SSSR count). The zero-order chi connectivity index (χ0) is 12.9. The summed E-state index contributed by atoms with van der Waals surface area (Å²) in [5.74, 6) is 0.490. The zero-order valence-corrected chi connectivity index (χ0v) is 14.3. The van der Waals surface area contributed by atoms with E-state index in [2.05, 4.69) is 13.8 Å². The van der Waals surface area contributed by atoms with E-state index in [1.54, 1.807) is 6.07 Å². The fourth-order valence-electron chi connectivity index (χ4n) is 1.56. The molecule has 0 saturated carbocycles. The molecule has 0 aliphatic carbocycles. The van der Waals surface area contributed by atoms with Crippen molar-refractivity contribution in [3.63, 3.8) is 0 Å². The van der Waals surface area contributed by atoms with Crippen LogP contribution in [0.3, 0.4) is 0 Å². The Morgan fingerprint density at radius 2 is 1.78 bits per heavy atom. The topological polar surface area (TPSA) is 9.23 Å². The molecule has 0 unspecified atom stereocenters. The predicted octanol–water partition coefficient (Wildman–Crippen LogP) is 0.560. The van der Waals surface area contributed by atoms with Crippen LogP contribution in [0.2, 0.25) is 0 Å². The maximum absolute atomic E-state index is 12.7. The van der Waals surface area contributed by atoms with Crippen molar-refractivity contribution >= 4 is 12.4 Å². The molecule has 0 aromatic heterocycles. The molecule has 0 heterocycles. The van der Waals surface area contributed by atoms with Crippen LogP contribution in [-0.2, 0) is 0 Å². The molecule has 0 radical (unpaired) electrons. The van der Waals surface area contributed by atoms with E-state index in [1.165, 1.54) is 12.1 Å². The molecule has 0 amide bonds. The SMILES string of the molecule is CC(C)CCCOc1ccccc1[B-](F)(F)F.[K+]. The number of halogens is 3. The third kappa shape index (κ3) is 6.61. The van der Waals surface area contributed by atoms with Crippen LogP contribution in [0.5, 0.6) is 5.75 Å². The normalized spacial score (nSPS) is 11.2. The molecule has 0 bridgehead atoms. The second-order valence-electron chi connectivity index (χ2n) is 4.50. The number of para-hydroxylation sites is 1. The van der Waals surface area contributed by atoms with Gasteiger partial charge in [0.1, 0.15) is 0 Å². The average molecular weight is 284 g/mol. The minimum atomic E-state index is -5.00. The molecule has 96 valence electrons. The molecule has 0 aliphatic heterocycles. The Bertz CT molecular complexity index is 355. The summed E-state index contributed by atoms with van der Waals surface area (Å²) < 4.78 is 43.2. The van der Waals surface area contributed by atoms with E-state index in [4.69, 9.17) is 4.74 Å². The summed E-state index contributed by atoms with van der Waals surface area (Å²) >= 11 is 0. The van der Waals surface area contributed by atoms with Crippen LogP contribution in [0.1, 0.15) is 26.7 Å².